The van der Waals surface area contributed by atoms with Gasteiger partial charge in [-0.1, -0.05) is 158 Å². The summed E-state index contributed by atoms with van der Waals surface area (Å²) >= 11 is 0. The predicted octanol–water partition coefficient (Wildman–Crippen LogP) is 11.9. The SMILES string of the molecule is C1CC2CCCC2C1.CC(C)(C)C.CC(C)C.CCC.CCCC.[2HH].c1ccc2c(c1)CCC2. The van der Waals surface area contributed by atoms with Crippen molar-refractivity contribution in [3.63, 3.8) is 0 Å². The lowest BCUT2D eigenvalue weighted by atomic mass is 10.0. The molecule has 33 heavy (non-hydrogen) atoms. The van der Waals surface area contributed by atoms with Crippen molar-refractivity contribution in [2.45, 2.75) is 153 Å². The van der Waals surface area contributed by atoms with Crippen LogP contribution in [0.2, 0.25) is 0 Å². The summed E-state index contributed by atoms with van der Waals surface area (Å²) in [5.74, 6) is 3.19. The summed E-state index contributed by atoms with van der Waals surface area (Å²) in [6, 6.07) is 8.74. The third-order valence-electron chi connectivity index (χ3n) is 5.48. The molecule has 0 radical (unpaired) electrons. The number of benzene rings is 1. The van der Waals surface area contributed by atoms with Gasteiger partial charge < -0.3 is 0 Å². The molecule has 0 heteroatoms. The Morgan fingerprint density at radius 3 is 1.21 bits per heavy atom. The Morgan fingerprint density at radius 2 is 0.970 bits per heavy atom. The molecule has 0 aromatic heterocycles. The molecule has 0 heterocycles. The van der Waals surface area contributed by atoms with Gasteiger partial charge in [-0.25, -0.2) is 0 Å². The minimum atomic E-state index is 0. The molecule has 0 spiro atoms. The minimum absolute atomic E-state index is 0. The quantitative estimate of drug-likeness (QED) is 0.388. The Kier molecular flexibility index (Phi) is 22.6. The van der Waals surface area contributed by atoms with Gasteiger partial charge in [0.05, 0.1) is 0 Å². The lowest BCUT2D eigenvalue weighted by molar-refractivity contribution is 0.457. The Bertz CT molecular complexity index is 472. The van der Waals surface area contributed by atoms with Crippen molar-refractivity contribution < 1.29 is 1.43 Å². The predicted molar refractivity (Wildman–Crippen MR) is 157 cm³/mol. The topological polar surface area (TPSA) is 0 Å². The van der Waals surface area contributed by atoms with E-state index in [9.17, 15) is 0 Å². The van der Waals surface area contributed by atoms with Gasteiger partial charge in [-0.05, 0) is 53.6 Å². The van der Waals surface area contributed by atoms with Crippen molar-refractivity contribution >= 4 is 0 Å². The summed E-state index contributed by atoms with van der Waals surface area (Å²) in [4.78, 5) is 0. The molecule has 1 aromatic rings. The van der Waals surface area contributed by atoms with Gasteiger partial charge in [0.25, 0.3) is 0 Å². The van der Waals surface area contributed by atoms with Gasteiger partial charge in [0, 0.05) is 1.43 Å². The zero-order chi connectivity index (χ0) is 25.7. The molecule has 3 aliphatic carbocycles. The third kappa shape index (κ3) is 24.2. The fourth-order valence-electron chi connectivity index (χ4n) is 4.03. The standard InChI is InChI=1S/C9H10.C8H14.C5H12.2C4H10.C3H8.H2/c1-2-5-9-7-3-6-8(9)4-1;1-3-7-5-2-6-8(7)4-1;1-5(2,3)4;1-4(2)3;1-3-4-2;1-3-2;/h1-2,4-5H,3,6-7H2;7-8H,1-6H2;1-4H3;4H,1-3H3;3-4H2,1-2H3;3H2,1-2H3;1H/i;;;;;;1+1. The average Bonchev–Trinajstić information content (AvgIpc) is 3.44. The fourth-order valence-corrected chi connectivity index (χ4v) is 4.03. The Morgan fingerprint density at radius 1 is 0.697 bits per heavy atom. The highest BCUT2D eigenvalue weighted by Gasteiger charge is 2.30. The molecule has 2 fully saturated rings. The molecular formula is C33H66. The Labute approximate surface area is 213 Å². The fraction of sp³-hybridized carbons (Fsp3) is 0.818. The van der Waals surface area contributed by atoms with Crippen LogP contribution in [-0.4, -0.2) is 0 Å². The van der Waals surface area contributed by atoms with Crippen LogP contribution in [0.15, 0.2) is 24.3 Å². The van der Waals surface area contributed by atoms with Crippen molar-refractivity contribution in [3.8, 4) is 0 Å². The van der Waals surface area contributed by atoms with Crippen LogP contribution >= 0.6 is 0 Å². The number of fused-ring (bicyclic) bond motifs is 2. The lowest BCUT2D eigenvalue weighted by Gasteiger charge is -2.05. The Balaban J connectivity index is -0.000000356. The van der Waals surface area contributed by atoms with E-state index < -0.39 is 0 Å². The zero-order valence-corrected chi connectivity index (χ0v) is 25.0. The van der Waals surface area contributed by atoms with E-state index in [1.165, 1.54) is 63.2 Å². The highest BCUT2D eigenvalue weighted by atomic mass is 14.4. The second-order valence-corrected chi connectivity index (χ2v) is 12.4. The number of rotatable bonds is 1. The van der Waals surface area contributed by atoms with E-state index in [0.29, 0.717) is 5.41 Å². The maximum atomic E-state index is 2.24. The summed E-state index contributed by atoms with van der Waals surface area (Å²) < 4.78 is 0. The molecule has 0 atom stereocenters. The van der Waals surface area contributed by atoms with E-state index in [1.54, 1.807) is 36.8 Å². The molecule has 198 valence electrons. The second kappa shape index (κ2) is 21.7. The molecule has 1 aromatic carbocycles. The van der Waals surface area contributed by atoms with Gasteiger partial charge in [-0.15, -0.1) is 0 Å². The first-order valence-corrected chi connectivity index (χ1v) is 14.6. The normalized spacial score (nSPS) is 19.5. The smallest absolute Gasteiger partial charge is 0 e. The van der Waals surface area contributed by atoms with Gasteiger partial charge in [-0.2, -0.15) is 0 Å². The van der Waals surface area contributed by atoms with Crippen LogP contribution < -0.4 is 0 Å². The molecule has 3 aliphatic rings. The van der Waals surface area contributed by atoms with Crippen LogP contribution in [0.1, 0.15) is 153 Å². The van der Waals surface area contributed by atoms with Gasteiger partial charge in [0.15, 0.2) is 0 Å². The Hall–Kier alpha value is -0.780. The first kappa shape index (κ1) is 34.4. The molecule has 0 nitrogen and oxygen atoms in total. The van der Waals surface area contributed by atoms with E-state index in [-0.39, 0.29) is 1.43 Å². The molecule has 0 saturated heterocycles. The molecule has 0 unspecified atom stereocenters. The van der Waals surface area contributed by atoms with Crippen LogP contribution in [-0.2, 0) is 12.8 Å². The van der Waals surface area contributed by atoms with Crippen molar-refractivity contribution in [2.24, 2.45) is 23.2 Å². The van der Waals surface area contributed by atoms with Gasteiger partial charge in [0.1, 0.15) is 0 Å². The molecule has 0 bridgehead atoms. The van der Waals surface area contributed by atoms with Crippen molar-refractivity contribution in [1.29, 1.82) is 0 Å². The monoisotopic (exact) mass is 464 g/mol. The first-order valence-electron chi connectivity index (χ1n) is 14.6. The van der Waals surface area contributed by atoms with Crippen LogP contribution in [0.5, 0.6) is 0 Å². The summed E-state index contributed by atoms with van der Waals surface area (Å²) in [6.07, 6.45) is 17.2. The summed E-state index contributed by atoms with van der Waals surface area (Å²) in [7, 11) is 0. The highest BCUT2D eigenvalue weighted by Crippen LogP contribution is 2.43. The summed E-state index contributed by atoms with van der Waals surface area (Å²) in [5.41, 5.74) is 3.63. The maximum absolute atomic E-state index is 2.24. The number of hydrogen-bond donors (Lipinski definition) is 0. The first-order chi connectivity index (χ1) is 15.5. The minimum Gasteiger partial charge on any atom is -0.0656 e. The second-order valence-electron chi connectivity index (χ2n) is 12.4. The number of aryl methyl sites for hydroxylation is 2. The summed E-state index contributed by atoms with van der Waals surface area (Å²) in [6.45, 7) is 23.9. The highest BCUT2D eigenvalue weighted by molar-refractivity contribution is 5.30. The van der Waals surface area contributed by atoms with Gasteiger partial charge >= 0.3 is 0 Å². The average molecular weight is 464 g/mol. The molecule has 0 N–H and O–H groups in total. The van der Waals surface area contributed by atoms with E-state index in [2.05, 4.69) is 100 Å². The molecule has 2 saturated carbocycles. The van der Waals surface area contributed by atoms with Crippen molar-refractivity contribution in [2.75, 3.05) is 0 Å². The van der Waals surface area contributed by atoms with E-state index in [4.69, 9.17) is 0 Å². The van der Waals surface area contributed by atoms with Crippen molar-refractivity contribution in [3.05, 3.63) is 35.4 Å². The van der Waals surface area contributed by atoms with E-state index >= 15 is 0 Å². The third-order valence-corrected chi connectivity index (χ3v) is 5.48. The van der Waals surface area contributed by atoms with E-state index in [1.807, 2.05) is 0 Å². The van der Waals surface area contributed by atoms with Crippen LogP contribution in [0.3, 0.4) is 0 Å². The van der Waals surface area contributed by atoms with Crippen LogP contribution in [0.4, 0.5) is 0 Å². The van der Waals surface area contributed by atoms with Crippen molar-refractivity contribution in [1.82, 2.24) is 0 Å². The zero-order valence-electron chi connectivity index (χ0n) is 25.0. The number of unbranched alkanes of at least 4 members (excludes halogenated alkanes) is 1. The molecule has 0 aliphatic heterocycles. The molecule has 4 rings (SSSR count). The maximum Gasteiger partial charge on any atom is 0 e. The lowest BCUT2D eigenvalue weighted by Crippen LogP contribution is -1.95. The number of hydrogen-bond acceptors (Lipinski definition) is 0. The molecule has 0 amide bonds. The van der Waals surface area contributed by atoms with E-state index in [0.717, 1.165) is 5.92 Å². The van der Waals surface area contributed by atoms with Gasteiger partial charge in [-0.3, -0.25) is 0 Å². The van der Waals surface area contributed by atoms with Crippen LogP contribution in [0.25, 0.3) is 0 Å². The summed E-state index contributed by atoms with van der Waals surface area (Å²) in [5, 5.41) is 0. The molecular weight excluding hydrogens is 396 g/mol. The van der Waals surface area contributed by atoms with Gasteiger partial charge in [0.2, 0.25) is 0 Å². The van der Waals surface area contributed by atoms with Crippen LogP contribution in [0, 0.1) is 23.2 Å². The largest absolute Gasteiger partial charge is 0.0656 e.